The maximum Gasteiger partial charge on any atom is 0.326 e. The smallest absolute Gasteiger partial charge is 0.326 e. The highest BCUT2D eigenvalue weighted by Crippen LogP contribution is 2.17. The van der Waals surface area contributed by atoms with Crippen LogP contribution in [0.5, 0.6) is 0 Å². The van der Waals surface area contributed by atoms with E-state index in [4.69, 9.17) is 9.84 Å². The largest absolute Gasteiger partial charge is 0.480 e. The fourth-order valence-electron chi connectivity index (χ4n) is 2.32. The van der Waals surface area contributed by atoms with Crippen molar-refractivity contribution >= 4 is 12.0 Å². The molecule has 1 fully saturated rings. The summed E-state index contributed by atoms with van der Waals surface area (Å²) in [4.78, 5) is 22.8. The Hall–Kier alpha value is -1.34. The minimum absolute atomic E-state index is 0.201. The van der Waals surface area contributed by atoms with Gasteiger partial charge in [0.25, 0.3) is 0 Å². The van der Waals surface area contributed by atoms with Crippen LogP contribution in [0, 0.1) is 0 Å². The molecule has 1 saturated carbocycles. The molecule has 0 saturated heterocycles. The van der Waals surface area contributed by atoms with Gasteiger partial charge in [0.2, 0.25) is 0 Å². The van der Waals surface area contributed by atoms with E-state index < -0.39 is 24.1 Å². The lowest BCUT2D eigenvalue weighted by atomic mass is 10.1. The Balaban J connectivity index is 2.45. The highest BCUT2D eigenvalue weighted by molar-refractivity contribution is 5.82. The van der Waals surface area contributed by atoms with Gasteiger partial charge in [0.05, 0.1) is 12.1 Å². The molecule has 116 valence electrons. The fourth-order valence-corrected chi connectivity index (χ4v) is 2.32. The molecule has 0 heterocycles. The number of rotatable bonds is 6. The molecule has 1 aliphatic carbocycles. The number of ether oxygens (including phenoxy) is 1. The van der Waals surface area contributed by atoms with Crippen LogP contribution < -0.4 is 10.6 Å². The van der Waals surface area contributed by atoms with Crippen LogP contribution in [0.25, 0.3) is 0 Å². The number of carboxylic acid groups (broad SMARTS) is 1. The van der Waals surface area contributed by atoms with E-state index in [0.29, 0.717) is 12.8 Å². The van der Waals surface area contributed by atoms with E-state index in [-0.39, 0.29) is 19.1 Å². The van der Waals surface area contributed by atoms with Crippen LogP contribution in [0.1, 0.15) is 38.5 Å². The van der Waals surface area contributed by atoms with Crippen molar-refractivity contribution < 1.29 is 24.5 Å². The van der Waals surface area contributed by atoms with Crippen molar-refractivity contribution in [3.8, 4) is 0 Å². The molecule has 0 aliphatic heterocycles. The Morgan fingerprint density at radius 3 is 2.65 bits per heavy atom. The third-order valence-electron chi connectivity index (χ3n) is 3.51. The Kier molecular flexibility index (Phi) is 7.32. The van der Waals surface area contributed by atoms with Gasteiger partial charge in [-0.25, -0.2) is 9.59 Å². The molecule has 1 aliphatic rings. The van der Waals surface area contributed by atoms with E-state index in [1.54, 1.807) is 0 Å². The van der Waals surface area contributed by atoms with E-state index in [1.807, 2.05) is 0 Å². The summed E-state index contributed by atoms with van der Waals surface area (Å²) in [5, 5.41) is 24.0. The number of urea groups is 1. The summed E-state index contributed by atoms with van der Waals surface area (Å²) in [6, 6.07) is -1.85. The molecule has 0 aromatic carbocycles. The molecule has 3 unspecified atom stereocenters. The van der Waals surface area contributed by atoms with Gasteiger partial charge in [0, 0.05) is 20.1 Å². The summed E-state index contributed by atoms with van der Waals surface area (Å²) in [6.07, 6.45) is 3.96. The minimum atomic E-state index is -1.10. The number of hydrogen-bond donors (Lipinski definition) is 4. The van der Waals surface area contributed by atoms with Crippen LogP contribution in [0.3, 0.4) is 0 Å². The van der Waals surface area contributed by atoms with Crippen LogP contribution in [-0.2, 0) is 9.53 Å². The second-order valence-electron chi connectivity index (χ2n) is 5.10. The van der Waals surface area contributed by atoms with Gasteiger partial charge in [-0.3, -0.25) is 0 Å². The SMILES string of the molecule is COCCC(NC(=O)NC1CCCCCC1O)C(=O)O. The molecule has 20 heavy (non-hydrogen) atoms. The molecular weight excluding hydrogens is 264 g/mol. The average Bonchev–Trinajstić information content (AvgIpc) is 2.59. The van der Waals surface area contributed by atoms with Crippen molar-refractivity contribution in [2.24, 2.45) is 0 Å². The van der Waals surface area contributed by atoms with E-state index in [1.165, 1.54) is 7.11 Å². The number of carbonyl (C=O) groups excluding carboxylic acids is 1. The van der Waals surface area contributed by atoms with E-state index in [9.17, 15) is 14.7 Å². The molecule has 0 spiro atoms. The first-order valence-electron chi connectivity index (χ1n) is 7.01. The number of aliphatic carboxylic acids is 1. The van der Waals surface area contributed by atoms with Gasteiger partial charge < -0.3 is 25.6 Å². The van der Waals surface area contributed by atoms with Crippen LogP contribution in [0.4, 0.5) is 4.79 Å². The number of hydrogen-bond acceptors (Lipinski definition) is 4. The number of aliphatic hydroxyl groups excluding tert-OH is 1. The molecule has 0 aromatic rings. The van der Waals surface area contributed by atoms with Gasteiger partial charge in [0.1, 0.15) is 6.04 Å². The predicted molar refractivity (Wildman–Crippen MR) is 72.5 cm³/mol. The van der Waals surface area contributed by atoms with E-state index >= 15 is 0 Å². The highest BCUT2D eigenvalue weighted by atomic mass is 16.5. The number of carboxylic acids is 1. The zero-order chi connectivity index (χ0) is 15.0. The van der Waals surface area contributed by atoms with E-state index in [2.05, 4.69) is 10.6 Å². The Morgan fingerprint density at radius 1 is 1.30 bits per heavy atom. The van der Waals surface area contributed by atoms with Crippen LogP contribution in [0.2, 0.25) is 0 Å². The van der Waals surface area contributed by atoms with Crippen LogP contribution in [0.15, 0.2) is 0 Å². The molecule has 3 atom stereocenters. The number of aliphatic hydroxyl groups is 1. The molecular formula is C13H24N2O5. The summed E-state index contributed by atoms with van der Waals surface area (Å²) in [5.74, 6) is -1.10. The Morgan fingerprint density at radius 2 is 2.00 bits per heavy atom. The summed E-state index contributed by atoms with van der Waals surface area (Å²) in [6.45, 7) is 0.253. The lowest BCUT2D eigenvalue weighted by molar-refractivity contribution is -0.139. The molecule has 2 amide bonds. The molecule has 0 bridgehead atoms. The normalized spacial score (nSPS) is 24.5. The maximum atomic E-state index is 11.8. The van der Waals surface area contributed by atoms with Crippen molar-refractivity contribution in [3.63, 3.8) is 0 Å². The van der Waals surface area contributed by atoms with Gasteiger partial charge in [-0.2, -0.15) is 0 Å². The standard InChI is InChI=1S/C13H24N2O5/c1-20-8-7-10(12(17)18)15-13(19)14-9-5-3-2-4-6-11(9)16/h9-11,16H,2-8H2,1H3,(H,17,18)(H2,14,15,19). The van der Waals surface area contributed by atoms with Crippen molar-refractivity contribution in [2.75, 3.05) is 13.7 Å². The van der Waals surface area contributed by atoms with Crippen molar-refractivity contribution in [3.05, 3.63) is 0 Å². The molecule has 0 radical (unpaired) electrons. The van der Waals surface area contributed by atoms with Crippen molar-refractivity contribution in [2.45, 2.75) is 56.7 Å². The molecule has 7 nitrogen and oxygen atoms in total. The predicted octanol–water partition coefficient (Wildman–Crippen LogP) is 0.469. The number of methoxy groups -OCH3 is 1. The number of carbonyl (C=O) groups is 2. The molecule has 4 N–H and O–H groups in total. The average molecular weight is 288 g/mol. The maximum absolute atomic E-state index is 11.8. The summed E-state index contributed by atoms with van der Waals surface area (Å²) in [5.41, 5.74) is 0. The molecule has 1 rings (SSSR count). The second-order valence-corrected chi connectivity index (χ2v) is 5.10. The topological polar surface area (TPSA) is 108 Å². The summed E-state index contributed by atoms with van der Waals surface area (Å²) < 4.78 is 4.81. The Bertz CT molecular complexity index is 324. The highest BCUT2D eigenvalue weighted by Gasteiger charge is 2.25. The van der Waals surface area contributed by atoms with Gasteiger partial charge in [-0.1, -0.05) is 19.3 Å². The monoisotopic (exact) mass is 288 g/mol. The summed E-state index contributed by atoms with van der Waals surface area (Å²) in [7, 11) is 1.47. The lowest BCUT2D eigenvalue weighted by Crippen LogP contribution is -2.52. The van der Waals surface area contributed by atoms with E-state index in [0.717, 1.165) is 19.3 Å². The fraction of sp³-hybridized carbons (Fsp3) is 0.846. The third-order valence-corrected chi connectivity index (χ3v) is 3.51. The third kappa shape index (κ3) is 5.75. The minimum Gasteiger partial charge on any atom is -0.480 e. The zero-order valence-electron chi connectivity index (χ0n) is 11.8. The van der Waals surface area contributed by atoms with Crippen LogP contribution >= 0.6 is 0 Å². The van der Waals surface area contributed by atoms with Crippen molar-refractivity contribution in [1.82, 2.24) is 10.6 Å². The number of amides is 2. The van der Waals surface area contributed by atoms with Gasteiger partial charge in [-0.05, 0) is 12.8 Å². The first-order valence-corrected chi connectivity index (χ1v) is 7.01. The second kappa shape index (κ2) is 8.76. The first-order chi connectivity index (χ1) is 9.54. The quantitative estimate of drug-likeness (QED) is 0.531. The summed E-state index contributed by atoms with van der Waals surface area (Å²) >= 11 is 0. The lowest BCUT2D eigenvalue weighted by Gasteiger charge is -2.23. The van der Waals surface area contributed by atoms with Crippen LogP contribution in [-0.4, -0.2) is 54.1 Å². The first kappa shape index (κ1) is 16.7. The Labute approximate surface area is 118 Å². The number of nitrogens with one attached hydrogen (secondary N) is 2. The molecule has 7 heteroatoms. The molecule has 0 aromatic heterocycles. The van der Waals surface area contributed by atoms with Crippen molar-refractivity contribution in [1.29, 1.82) is 0 Å². The zero-order valence-corrected chi connectivity index (χ0v) is 11.8. The van der Waals surface area contributed by atoms with Gasteiger partial charge in [0.15, 0.2) is 0 Å². The van der Waals surface area contributed by atoms with Gasteiger partial charge >= 0.3 is 12.0 Å². The van der Waals surface area contributed by atoms with Gasteiger partial charge in [-0.15, -0.1) is 0 Å².